The van der Waals surface area contributed by atoms with Crippen LogP contribution < -0.4 is 5.73 Å². The highest BCUT2D eigenvalue weighted by atomic mass is 16.1. The monoisotopic (exact) mass is 189 g/mol. The Morgan fingerprint density at radius 2 is 2.14 bits per heavy atom. The summed E-state index contributed by atoms with van der Waals surface area (Å²) in [4.78, 5) is 15.0. The van der Waals surface area contributed by atoms with Crippen molar-refractivity contribution < 1.29 is 4.79 Å². The van der Waals surface area contributed by atoms with Crippen molar-refractivity contribution in [1.29, 1.82) is 0 Å². The van der Waals surface area contributed by atoms with Crippen molar-refractivity contribution in [3.8, 4) is 0 Å². The van der Waals surface area contributed by atoms with Crippen LogP contribution in [0.25, 0.3) is 5.65 Å². The molecule has 0 aliphatic heterocycles. The highest BCUT2D eigenvalue weighted by Crippen LogP contribution is 2.11. The number of aromatic nitrogens is 2. The molecule has 0 atom stereocenters. The number of amides is 1. The molecule has 2 N–H and O–H groups in total. The van der Waals surface area contributed by atoms with Gasteiger partial charge in [-0.15, -0.1) is 0 Å². The van der Waals surface area contributed by atoms with Gasteiger partial charge in [0.25, 0.3) is 5.91 Å². The molecular weight excluding hydrogens is 178 g/mol. The first-order valence-corrected chi connectivity index (χ1v) is 4.34. The van der Waals surface area contributed by atoms with Crippen molar-refractivity contribution in [3.63, 3.8) is 0 Å². The molecule has 2 aromatic rings. The van der Waals surface area contributed by atoms with Crippen LogP contribution in [-0.4, -0.2) is 15.3 Å². The fourth-order valence-electron chi connectivity index (χ4n) is 1.54. The first-order chi connectivity index (χ1) is 6.58. The summed E-state index contributed by atoms with van der Waals surface area (Å²) >= 11 is 0. The standard InChI is InChI=1S/C10H11N3O/c1-6-3-7(2)13-5-8(10(11)14)12-9(13)4-6/h3-5H,1-2H3,(H2,11,14). The Labute approximate surface area is 81.4 Å². The predicted molar refractivity (Wildman–Crippen MR) is 53.2 cm³/mol. The maximum absolute atomic E-state index is 10.9. The van der Waals surface area contributed by atoms with Gasteiger partial charge in [0.1, 0.15) is 11.3 Å². The third kappa shape index (κ3) is 1.25. The number of nitrogens with two attached hydrogens (primary N) is 1. The molecule has 0 bridgehead atoms. The average molecular weight is 189 g/mol. The Kier molecular flexibility index (Phi) is 1.77. The maximum Gasteiger partial charge on any atom is 0.268 e. The third-order valence-electron chi connectivity index (χ3n) is 2.16. The number of carbonyl (C=O) groups is 1. The molecule has 4 nitrogen and oxygen atoms in total. The molecule has 0 unspecified atom stereocenters. The lowest BCUT2D eigenvalue weighted by molar-refractivity contribution is 0.0996. The Morgan fingerprint density at radius 1 is 1.43 bits per heavy atom. The topological polar surface area (TPSA) is 60.4 Å². The molecule has 2 rings (SSSR count). The van der Waals surface area contributed by atoms with E-state index in [0.29, 0.717) is 5.69 Å². The van der Waals surface area contributed by atoms with Crippen LogP contribution in [0.2, 0.25) is 0 Å². The molecule has 0 radical (unpaired) electrons. The summed E-state index contributed by atoms with van der Waals surface area (Å²) in [5.74, 6) is -0.495. The molecule has 2 aromatic heterocycles. The van der Waals surface area contributed by atoms with E-state index in [1.165, 1.54) is 0 Å². The van der Waals surface area contributed by atoms with Gasteiger partial charge in [0.2, 0.25) is 0 Å². The summed E-state index contributed by atoms with van der Waals surface area (Å²) in [6.07, 6.45) is 1.66. The van der Waals surface area contributed by atoms with Crippen molar-refractivity contribution >= 4 is 11.6 Å². The van der Waals surface area contributed by atoms with Crippen molar-refractivity contribution in [2.75, 3.05) is 0 Å². The molecule has 14 heavy (non-hydrogen) atoms. The van der Waals surface area contributed by atoms with E-state index in [1.54, 1.807) is 6.20 Å². The van der Waals surface area contributed by atoms with E-state index in [-0.39, 0.29) is 0 Å². The molecule has 2 heterocycles. The Bertz CT molecular complexity index is 513. The number of carbonyl (C=O) groups excluding carboxylic acids is 1. The van der Waals surface area contributed by atoms with Gasteiger partial charge in [0.15, 0.2) is 0 Å². The summed E-state index contributed by atoms with van der Waals surface area (Å²) in [5, 5.41) is 0. The van der Waals surface area contributed by atoms with Gasteiger partial charge in [0.05, 0.1) is 0 Å². The molecule has 0 aromatic carbocycles. The number of pyridine rings is 1. The molecule has 4 heteroatoms. The van der Waals surface area contributed by atoms with Gasteiger partial charge in [-0.1, -0.05) is 0 Å². The van der Waals surface area contributed by atoms with Gasteiger partial charge >= 0.3 is 0 Å². The van der Waals surface area contributed by atoms with Crippen molar-refractivity contribution in [2.45, 2.75) is 13.8 Å². The lowest BCUT2D eigenvalue weighted by atomic mass is 10.2. The van der Waals surface area contributed by atoms with E-state index in [0.717, 1.165) is 16.9 Å². The molecule has 0 aliphatic rings. The zero-order valence-corrected chi connectivity index (χ0v) is 8.11. The lowest BCUT2D eigenvalue weighted by Gasteiger charge is -1.99. The second-order valence-electron chi connectivity index (χ2n) is 3.39. The second-order valence-corrected chi connectivity index (χ2v) is 3.39. The number of rotatable bonds is 1. The van der Waals surface area contributed by atoms with E-state index in [2.05, 4.69) is 4.98 Å². The minimum atomic E-state index is -0.495. The van der Waals surface area contributed by atoms with E-state index < -0.39 is 5.91 Å². The van der Waals surface area contributed by atoms with Gasteiger partial charge in [-0.3, -0.25) is 4.79 Å². The first-order valence-electron chi connectivity index (χ1n) is 4.34. The molecule has 0 saturated heterocycles. The van der Waals surface area contributed by atoms with Crippen LogP contribution in [-0.2, 0) is 0 Å². The molecule has 0 spiro atoms. The van der Waals surface area contributed by atoms with Crippen LogP contribution in [0.15, 0.2) is 18.3 Å². The number of imidazole rings is 1. The predicted octanol–water partition coefficient (Wildman–Crippen LogP) is 1.05. The highest BCUT2D eigenvalue weighted by Gasteiger charge is 2.07. The van der Waals surface area contributed by atoms with Crippen molar-refractivity contribution in [2.24, 2.45) is 5.73 Å². The summed E-state index contributed by atoms with van der Waals surface area (Å²) in [7, 11) is 0. The van der Waals surface area contributed by atoms with E-state index in [1.807, 2.05) is 30.4 Å². The summed E-state index contributed by atoms with van der Waals surface area (Å²) in [6.45, 7) is 3.96. The minimum Gasteiger partial charge on any atom is -0.364 e. The first kappa shape index (κ1) is 8.74. The van der Waals surface area contributed by atoms with Crippen LogP contribution in [0, 0.1) is 13.8 Å². The van der Waals surface area contributed by atoms with Crippen molar-refractivity contribution in [3.05, 3.63) is 35.3 Å². The fraction of sp³-hybridized carbons (Fsp3) is 0.200. The highest BCUT2D eigenvalue weighted by molar-refractivity contribution is 5.91. The van der Waals surface area contributed by atoms with Crippen LogP contribution in [0.3, 0.4) is 0 Å². The summed E-state index contributed by atoms with van der Waals surface area (Å²) in [6, 6.07) is 3.94. The molecule has 0 saturated carbocycles. The second kappa shape index (κ2) is 2.83. The van der Waals surface area contributed by atoms with Crippen molar-refractivity contribution in [1.82, 2.24) is 9.38 Å². The SMILES string of the molecule is Cc1cc(C)n2cc(C(N)=O)nc2c1. The maximum atomic E-state index is 10.9. The van der Waals surface area contributed by atoms with Gasteiger partial charge in [0, 0.05) is 11.9 Å². The van der Waals surface area contributed by atoms with Crippen LogP contribution >= 0.6 is 0 Å². The van der Waals surface area contributed by atoms with Gasteiger partial charge in [-0.05, 0) is 31.5 Å². The van der Waals surface area contributed by atoms with Gasteiger partial charge < -0.3 is 10.1 Å². The molecule has 0 fully saturated rings. The van der Waals surface area contributed by atoms with E-state index in [9.17, 15) is 4.79 Å². The number of hydrogen-bond acceptors (Lipinski definition) is 2. The number of aryl methyl sites for hydroxylation is 2. The quantitative estimate of drug-likeness (QED) is 0.728. The smallest absolute Gasteiger partial charge is 0.268 e. The minimum absolute atomic E-state index is 0.304. The van der Waals surface area contributed by atoms with Crippen LogP contribution in [0.1, 0.15) is 21.7 Å². The van der Waals surface area contributed by atoms with Crippen LogP contribution in [0.4, 0.5) is 0 Å². The molecule has 72 valence electrons. The normalized spacial score (nSPS) is 10.7. The Hall–Kier alpha value is -1.84. The number of fused-ring (bicyclic) bond motifs is 1. The largest absolute Gasteiger partial charge is 0.364 e. The molecule has 0 aliphatic carbocycles. The Balaban J connectivity index is 2.76. The molecular formula is C10H11N3O. The summed E-state index contributed by atoms with van der Waals surface area (Å²) in [5.41, 5.74) is 8.38. The fourth-order valence-corrected chi connectivity index (χ4v) is 1.54. The van der Waals surface area contributed by atoms with E-state index in [4.69, 9.17) is 5.73 Å². The van der Waals surface area contributed by atoms with Gasteiger partial charge in [-0.2, -0.15) is 0 Å². The average Bonchev–Trinajstić information content (AvgIpc) is 2.47. The number of primary amides is 1. The van der Waals surface area contributed by atoms with Crippen LogP contribution in [0.5, 0.6) is 0 Å². The zero-order chi connectivity index (χ0) is 10.3. The van der Waals surface area contributed by atoms with E-state index >= 15 is 0 Å². The molecule has 1 amide bonds. The number of nitrogens with zero attached hydrogens (tertiary/aromatic N) is 2. The number of hydrogen-bond donors (Lipinski definition) is 1. The zero-order valence-electron chi connectivity index (χ0n) is 8.11. The Morgan fingerprint density at radius 3 is 2.79 bits per heavy atom. The summed E-state index contributed by atoms with van der Waals surface area (Å²) < 4.78 is 1.85. The third-order valence-corrected chi connectivity index (χ3v) is 2.16. The van der Waals surface area contributed by atoms with Gasteiger partial charge in [-0.25, -0.2) is 4.98 Å². The lowest BCUT2D eigenvalue weighted by Crippen LogP contribution is -2.10.